The lowest BCUT2D eigenvalue weighted by Crippen LogP contribution is -2.17. The molecule has 0 atom stereocenters. The second kappa shape index (κ2) is 5.15. The van der Waals surface area contributed by atoms with Crippen LogP contribution in [0.4, 0.5) is 4.79 Å². The highest BCUT2D eigenvalue weighted by Gasteiger charge is 2.29. The highest BCUT2D eigenvalue weighted by atomic mass is 16.7. The van der Waals surface area contributed by atoms with E-state index in [-0.39, 0.29) is 18.4 Å². The van der Waals surface area contributed by atoms with Crippen LogP contribution in [0.5, 0.6) is 0 Å². The predicted molar refractivity (Wildman–Crippen MR) is 82.7 cm³/mol. The van der Waals surface area contributed by atoms with Crippen molar-refractivity contribution in [2.24, 2.45) is 4.99 Å². The van der Waals surface area contributed by atoms with Crippen LogP contribution >= 0.6 is 0 Å². The monoisotopic (exact) mass is 291 g/mol. The minimum Gasteiger partial charge on any atom is -0.433 e. The maximum Gasteiger partial charge on any atom is 0.515 e. The molecule has 0 unspecified atom stereocenters. The van der Waals surface area contributed by atoms with Crippen molar-refractivity contribution in [3.05, 3.63) is 71.9 Å². The standard InChI is InChI=1S/C18H13NO3/c20-18(22-17-9-10-19-17)21-11-16-14-7-3-1-5-12(14)13-6-2-4-8-15(13)16/h1-10,16H,11H2. The van der Waals surface area contributed by atoms with Gasteiger partial charge in [-0.2, -0.15) is 0 Å². The largest absolute Gasteiger partial charge is 0.515 e. The second-order valence-electron chi connectivity index (χ2n) is 5.17. The van der Waals surface area contributed by atoms with Crippen molar-refractivity contribution in [2.45, 2.75) is 5.92 Å². The molecule has 0 amide bonds. The normalized spacial score (nSPS) is 14.6. The summed E-state index contributed by atoms with van der Waals surface area (Å²) in [6, 6.07) is 16.4. The van der Waals surface area contributed by atoms with Crippen molar-refractivity contribution in [1.29, 1.82) is 0 Å². The van der Waals surface area contributed by atoms with Crippen LogP contribution in [-0.2, 0) is 9.47 Å². The first-order chi connectivity index (χ1) is 10.8. The Kier molecular flexibility index (Phi) is 3.00. The molecule has 0 saturated heterocycles. The molecule has 1 heterocycles. The molecule has 4 nitrogen and oxygen atoms in total. The smallest absolute Gasteiger partial charge is 0.433 e. The minimum atomic E-state index is -0.718. The molecule has 0 aromatic heterocycles. The number of fused-ring (bicyclic) bond motifs is 3. The quantitative estimate of drug-likeness (QED) is 0.789. The summed E-state index contributed by atoms with van der Waals surface area (Å²) in [5.74, 6) is 0.330. The van der Waals surface area contributed by atoms with Crippen molar-refractivity contribution in [1.82, 2.24) is 0 Å². The van der Waals surface area contributed by atoms with Crippen molar-refractivity contribution in [3.8, 4) is 11.1 Å². The molecule has 1 aliphatic carbocycles. The average molecular weight is 291 g/mol. The first-order valence-corrected chi connectivity index (χ1v) is 7.10. The first-order valence-electron chi connectivity index (χ1n) is 7.10. The molecule has 0 saturated carbocycles. The molecule has 0 spiro atoms. The minimum absolute atomic E-state index is 0.0406. The Balaban J connectivity index is 1.55. The third kappa shape index (κ3) is 2.09. The summed E-state index contributed by atoms with van der Waals surface area (Å²) >= 11 is 0. The topological polar surface area (TPSA) is 47.9 Å². The van der Waals surface area contributed by atoms with Gasteiger partial charge in [-0.25, -0.2) is 9.79 Å². The van der Waals surface area contributed by atoms with Gasteiger partial charge in [0.05, 0.1) is 0 Å². The number of nitrogens with zero attached hydrogens (tertiary/aromatic N) is 1. The molecule has 0 radical (unpaired) electrons. The first kappa shape index (κ1) is 12.8. The zero-order valence-electron chi connectivity index (χ0n) is 11.7. The maximum atomic E-state index is 11.7. The molecule has 4 heteroatoms. The average Bonchev–Trinajstić information content (AvgIpc) is 2.83. The van der Waals surface area contributed by atoms with E-state index < -0.39 is 6.16 Å². The second-order valence-corrected chi connectivity index (χ2v) is 5.17. The number of rotatable bonds is 2. The molecular formula is C18H13NO3. The zero-order valence-corrected chi connectivity index (χ0v) is 11.7. The van der Waals surface area contributed by atoms with Crippen LogP contribution in [-0.4, -0.2) is 18.7 Å². The van der Waals surface area contributed by atoms with Crippen LogP contribution in [0.25, 0.3) is 11.1 Å². The summed E-state index contributed by atoms with van der Waals surface area (Å²) in [6.45, 7) is 0.254. The summed E-state index contributed by atoms with van der Waals surface area (Å²) < 4.78 is 10.2. The number of carbonyl (C=O) groups is 1. The summed E-state index contributed by atoms with van der Waals surface area (Å²) in [5, 5.41) is 0. The number of ether oxygens (including phenoxy) is 2. The fraction of sp³-hybridized carbons (Fsp3) is 0.111. The van der Waals surface area contributed by atoms with Gasteiger partial charge in [-0.05, 0) is 22.3 Å². The highest BCUT2D eigenvalue weighted by molar-refractivity contribution is 5.98. The molecule has 22 heavy (non-hydrogen) atoms. The van der Waals surface area contributed by atoms with Gasteiger partial charge in [0.25, 0.3) is 0 Å². The number of aliphatic imine (C=N–C) groups is 1. The lowest BCUT2D eigenvalue weighted by molar-refractivity contribution is 0.0931. The van der Waals surface area contributed by atoms with E-state index in [4.69, 9.17) is 9.47 Å². The summed E-state index contributed by atoms with van der Waals surface area (Å²) in [4.78, 5) is 15.4. The van der Waals surface area contributed by atoms with Crippen molar-refractivity contribution in [2.75, 3.05) is 6.61 Å². The van der Waals surface area contributed by atoms with E-state index in [0.717, 1.165) is 0 Å². The van der Waals surface area contributed by atoms with Gasteiger partial charge in [0.1, 0.15) is 6.61 Å². The molecular weight excluding hydrogens is 278 g/mol. The van der Waals surface area contributed by atoms with Crippen molar-refractivity contribution >= 4 is 12.1 Å². The van der Waals surface area contributed by atoms with Gasteiger partial charge in [0, 0.05) is 18.2 Å². The van der Waals surface area contributed by atoms with Gasteiger partial charge in [-0.15, -0.1) is 0 Å². The van der Waals surface area contributed by atoms with Crippen LogP contribution in [0.2, 0.25) is 0 Å². The molecule has 2 aliphatic rings. The van der Waals surface area contributed by atoms with Crippen molar-refractivity contribution < 1.29 is 14.3 Å². The van der Waals surface area contributed by atoms with E-state index in [2.05, 4.69) is 29.3 Å². The van der Waals surface area contributed by atoms with Gasteiger partial charge in [0.15, 0.2) is 0 Å². The summed E-state index contributed by atoms with van der Waals surface area (Å²) in [6.07, 6.45) is 2.46. The van der Waals surface area contributed by atoms with Gasteiger partial charge in [-0.3, -0.25) is 0 Å². The molecule has 0 bridgehead atoms. The van der Waals surface area contributed by atoms with Crippen LogP contribution in [0.15, 0.2) is 65.8 Å². The van der Waals surface area contributed by atoms with Gasteiger partial charge in [-0.1, -0.05) is 48.5 Å². The fourth-order valence-electron chi connectivity index (χ4n) is 2.90. The van der Waals surface area contributed by atoms with Gasteiger partial charge < -0.3 is 9.47 Å². The Bertz CT molecular complexity index is 762. The van der Waals surface area contributed by atoms with Gasteiger partial charge in [0.2, 0.25) is 5.90 Å². The lowest BCUT2D eigenvalue weighted by Gasteiger charge is -2.14. The third-order valence-corrected chi connectivity index (χ3v) is 3.94. The Hall–Kier alpha value is -2.88. The maximum absolute atomic E-state index is 11.7. The Morgan fingerprint density at radius 2 is 1.59 bits per heavy atom. The Labute approximate surface area is 127 Å². The molecule has 2 aromatic rings. The Morgan fingerprint density at radius 1 is 1.00 bits per heavy atom. The summed E-state index contributed by atoms with van der Waals surface area (Å²) in [5.41, 5.74) is 4.76. The van der Waals surface area contributed by atoms with Crippen LogP contribution in [0, 0.1) is 0 Å². The van der Waals surface area contributed by atoms with E-state index in [9.17, 15) is 4.79 Å². The zero-order chi connectivity index (χ0) is 14.9. The Morgan fingerprint density at radius 3 is 2.14 bits per heavy atom. The molecule has 0 fully saturated rings. The lowest BCUT2D eigenvalue weighted by atomic mass is 9.98. The SMILES string of the molecule is O=C(OCC1c2ccccc2-c2ccccc21)OC1=NC=C1. The number of hydrogen-bond acceptors (Lipinski definition) is 4. The van der Waals surface area contributed by atoms with Crippen molar-refractivity contribution in [3.63, 3.8) is 0 Å². The third-order valence-electron chi connectivity index (χ3n) is 3.94. The number of hydrogen-bond donors (Lipinski definition) is 0. The molecule has 4 rings (SSSR count). The van der Waals surface area contributed by atoms with E-state index in [1.54, 1.807) is 12.3 Å². The molecule has 108 valence electrons. The molecule has 1 aliphatic heterocycles. The van der Waals surface area contributed by atoms with E-state index in [1.807, 2.05) is 24.3 Å². The van der Waals surface area contributed by atoms with Gasteiger partial charge >= 0.3 is 6.16 Å². The number of benzene rings is 2. The van der Waals surface area contributed by atoms with E-state index in [1.165, 1.54) is 22.3 Å². The van der Waals surface area contributed by atoms with Crippen LogP contribution in [0.1, 0.15) is 17.0 Å². The highest BCUT2D eigenvalue weighted by Crippen LogP contribution is 2.44. The molecule has 0 N–H and O–H groups in total. The number of carbonyl (C=O) groups excluding carboxylic acids is 1. The predicted octanol–water partition coefficient (Wildman–Crippen LogP) is 3.88. The van der Waals surface area contributed by atoms with E-state index in [0.29, 0.717) is 0 Å². The van der Waals surface area contributed by atoms with Crippen LogP contribution in [0.3, 0.4) is 0 Å². The summed E-state index contributed by atoms with van der Waals surface area (Å²) in [7, 11) is 0. The van der Waals surface area contributed by atoms with Crippen LogP contribution < -0.4 is 0 Å². The molecule has 2 aromatic carbocycles. The fourth-order valence-corrected chi connectivity index (χ4v) is 2.90. The van der Waals surface area contributed by atoms with E-state index >= 15 is 0 Å².